The first kappa shape index (κ1) is 8.65. The van der Waals surface area contributed by atoms with Crippen molar-refractivity contribution in [1.82, 2.24) is 20.3 Å². The van der Waals surface area contributed by atoms with E-state index in [0.29, 0.717) is 6.54 Å². The molecule has 1 aromatic rings. The van der Waals surface area contributed by atoms with E-state index in [2.05, 4.69) is 15.6 Å². The largest absolute Gasteiger partial charge is 0.382 e. The van der Waals surface area contributed by atoms with Gasteiger partial charge in [-0.2, -0.15) is 0 Å². The van der Waals surface area contributed by atoms with Crippen molar-refractivity contribution in [2.45, 2.75) is 18.4 Å². The van der Waals surface area contributed by atoms with Crippen molar-refractivity contribution in [2.24, 2.45) is 7.05 Å². The van der Waals surface area contributed by atoms with Crippen molar-refractivity contribution in [2.75, 3.05) is 13.1 Å². The van der Waals surface area contributed by atoms with E-state index in [9.17, 15) is 5.11 Å². The quantitative estimate of drug-likeness (QED) is 0.608. The van der Waals surface area contributed by atoms with Gasteiger partial charge in [-0.05, 0) is 19.4 Å². The predicted molar refractivity (Wildman–Crippen MR) is 47.0 cm³/mol. The first-order valence-electron chi connectivity index (χ1n) is 4.51. The first-order chi connectivity index (χ1) is 6.22. The topological polar surface area (TPSA) is 63.0 Å². The molecule has 1 unspecified atom stereocenters. The minimum absolute atomic E-state index is 0.591. The molecule has 0 spiro atoms. The number of hydrogen-bond acceptors (Lipinski definition) is 4. The fraction of sp³-hybridized carbons (Fsp3) is 0.750. The van der Waals surface area contributed by atoms with Gasteiger partial charge in [-0.25, -0.2) is 4.68 Å². The number of rotatable bonds is 1. The average Bonchev–Trinajstić information content (AvgIpc) is 2.53. The van der Waals surface area contributed by atoms with Crippen LogP contribution in [0.1, 0.15) is 18.5 Å². The fourth-order valence-electron chi connectivity index (χ4n) is 1.82. The summed E-state index contributed by atoms with van der Waals surface area (Å²) in [7, 11) is 1.80. The van der Waals surface area contributed by atoms with Crippen LogP contribution in [0.15, 0.2) is 6.20 Å². The van der Waals surface area contributed by atoms with E-state index in [1.54, 1.807) is 17.9 Å². The lowest BCUT2D eigenvalue weighted by Crippen LogP contribution is -2.44. The van der Waals surface area contributed by atoms with Crippen LogP contribution in [0.4, 0.5) is 0 Å². The minimum Gasteiger partial charge on any atom is -0.382 e. The molecule has 1 aliphatic rings. The Labute approximate surface area is 76.8 Å². The number of nitrogens with zero attached hydrogens (tertiary/aromatic N) is 3. The molecule has 0 aromatic carbocycles. The molecule has 5 nitrogen and oxygen atoms in total. The number of piperidine rings is 1. The summed E-state index contributed by atoms with van der Waals surface area (Å²) in [6, 6.07) is 0. The van der Waals surface area contributed by atoms with Crippen LogP contribution < -0.4 is 5.32 Å². The van der Waals surface area contributed by atoms with E-state index in [1.165, 1.54) is 0 Å². The van der Waals surface area contributed by atoms with Gasteiger partial charge in [-0.15, -0.1) is 5.10 Å². The molecule has 0 aliphatic carbocycles. The van der Waals surface area contributed by atoms with Crippen LogP contribution in [0.2, 0.25) is 0 Å². The van der Waals surface area contributed by atoms with Crippen LogP contribution in [0.25, 0.3) is 0 Å². The summed E-state index contributed by atoms with van der Waals surface area (Å²) < 4.78 is 1.63. The van der Waals surface area contributed by atoms with Gasteiger partial charge in [0.1, 0.15) is 5.60 Å². The maximum Gasteiger partial charge on any atom is 0.120 e. The maximum atomic E-state index is 10.2. The summed E-state index contributed by atoms with van der Waals surface area (Å²) in [4.78, 5) is 0. The van der Waals surface area contributed by atoms with Gasteiger partial charge < -0.3 is 10.4 Å². The maximum absolute atomic E-state index is 10.2. The lowest BCUT2D eigenvalue weighted by atomic mass is 9.91. The fourth-order valence-corrected chi connectivity index (χ4v) is 1.82. The van der Waals surface area contributed by atoms with Crippen LogP contribution in [-0.2, 0) is 12.6 Å². The highest BCUT2D eigenvalue weighted by Gasteiger charge is 2.34. The summed E-state index contributed by atoms with van der Waals surface area (Å²) in [5.41, 5.74) is 0.0101. The number of β-amino-alcohol motifs (C(OH)–C–C–N with tert-alkyl or cyclic N) is 1. The first-order valence-corrected chi connectivity index (χ1v) is 4.51. The van der Waals surface area contributed by atoms with E-state index < -0.39 is 5.60 Å². The van der Waals surface area contributed by atoms with Gasteiger partial charge >= 0.3 is 0 Å². The molecule has 2 heterocycles. The molecule has 0 radical (unpaired) electrons. The molecule has 0 amide bonds. The predicted octanol–water partition coefficient (Wildman–Crippen LogP) is -0.614. The standard InChI is InChI=1S/C8H14N4O/c1-12-7(5-10-11-12)8(13)3-2-4-9-6-8/h5,9,13H,2-4,6H2,1H3. The number of aromatic nitrogens is 3. The Bertz CT molecular complexity index is 290. The summed E-state index contributed by atoms with van der Waals surface area (Å²) in [6.45, 7) is 1.57. The zero-order valence-electron chi connectivity index (χ0n) is 7.69. The van der Waals surface area contributed by atoms with Crippen molar-refractivity contribution in [3.8, 4) is 0 Å². The molecule has 5 heteroatoms. The molecular weight excluding hydrogens is 168 g/mol. The van der Waals surface area contributed by atoms with Crippen LogP contribution in [0.3, 0.4) is 0 Å². The van der Waals surface area contributed by atoms with E-state index in [4.69, 9.17) is 0 Å². The summed E-state index contributed by atoms with van der Waals surface area (Å²) in [5, 5.41) is 21.0. The summed E-state index contributed by atoms with van der Waals surface area (Å²) in [5.74, 6) is 0. The molecule has 1 aromatic heterocycles. The number of aliphatic hydroxyl groups is 1. The highest BCUT2D eigenvalue weighted by Crippen LogP contribution is 2.26. The van der Waals surface area contributed by atoms with Gasteiger partial charge in [0, 0.05) is 13.6 Å². The molecule has 1 atom stereocenters. The molecule has 2 N–H and O–H groups in total. The zero-order valence-corrected chi connectivity index (χ0v) is 7.69. The average molecular weight is 182 g/mol. The van der Waals surface area contributed by atoms with Gasteiger partial charge in [0.2, 0.25) is 0 Å². The highest BCUT2D eigenvalue weighted by atomic mass is 16.3. The zero-order chi connectivity index (χ0) is 9.31. The highest BCUT2D eigenvalue weighted by molar-refractivity contribution is 5.09. The molecular formula is C8H14N4O. The lowest BCUT2D eigenvalue weighted by molar-refractivity contribution is 0.00483. The summed E-state index contributed by atoms with van der Waals surface area (Å²) in [6.07, 6.45) is 3.40. The molecule has 1 saturated heterocycles. The second kappa shape index (κ2) is 3.08. The van der Waals surface area contributed by atoms with Crippen molar-refractivity contribution >= 4 is 0 Å². The van der Waals surface area contributed by atoms with Gasteiger partial charge in [0.05, 0.1) is 11.9 Å². The Balaban J connectivity index is 2.27. The molecule has 13 heavy (non-hydrogen) atoms. The molecule has 72 valence electrons. The van der Waals surface area contributed by atoms with Gasteiger partial charge in [-0.3, -0.25) is 0 Å². The van der Waals surface area contributed by atoms with Gasteiger partial charge in [0.25, 0.3) is 0 Å². The Hall–Kier alpha value is -0.940. The third kappa shape index (κ3) is 1.45. The minimum atomic E-state index is -0.781. The second-order valence-electron chi connectivity index (χ2n) is 3.55. The number of hydrogen-bond donors (Lipinski definition) is 2. The van der Waals surface area contributed by atoms with E-state index in [0.717, 1.165) is 25.1 Å². The smallest absolute Gasteiger partial charge is 0.120 e. The molecule has 1 aliphatic heterocycles. The third-order valence-corrected chi connectivity index (χ3v) is 2.55. The Morgan fingerprint density at radius 3 is 3.08 bits per heavy atom. The van der Waals surface area contributed by atoms with Crippen molar-refractivity contribution in [3.05, 3.63) is 11.9 Å². The Morgan fingerprint density at radius 1 is 1.69 bits per heavy atom. The van der Waals surface area contributed by atoms with E-state index in [1.807, 2.05) is 0 Å². The van der Waals surface area contributed by atoms with Crippen LogP contribution in [-0.4, -0.2) is 33.2 Å². The van der Waals surface area contributed by atoms with Crippen LogP contribution >= 0.6 is 0 Å². The number of aryl methyl sites for hydroxylation is 1. The summed E-state index contributed by atoms with van der Waals surface area (Å²) >= 11 is 0. The van der Waals surface area contributed by atoms with E-state index >= 15 is 0 Å². The Morgan fingerprint density at radius 2 is 2.54 bits per heavy atom. The van der Waals surface area contributed by atoms with Crippen molar-refractivity contribution in [3.63, 3.8) is 0 Å². The lowest BCUT2D eigenvalue weighted by Gasteiger charge is -2.31. The normalized spacial score (nSPS) is 29.1. The SMILES string of the molecule is Cn1nncc1C1(O)CCCNC1. The van der Waals surface area contributed by atoms with Crippen LogP contribution in [0, 0.1) is 0 Å². The van der Waals surface area contributed by atoms with Crippen molar-refractivity contribution in [1.29, 1.82) is 0 Å². The monoisotopic (exact) mass is 182 g/mol. The Kier molecular flexibility index (Phi) is 2.05. The van der Waals surface area contributed by atoms with E-state index in [-0.39, 0.29) is 0 Å². The van der Waals surface area contributed by atoms with Gasteiger partial charge in [0.15, 0.2) is 0 Å². The molecule has 1 fully saturated rings. The van der Waals surface area contributed by atoms with Gasteiger partial charge in [-0.1, -0.05) is 5.21 Å². The second-order valence-corrected chi connectivity index (χ2v) is 3.55. The molecule has 2 rings (SSSR count). The number of nitrogens with one attached hydrogen (secondary N) is 1. The molecule has 0 bridgehead atoms. The van der Waals surface area contributed by atoms with Crippen LogP contribution in [0.5, 0.6) is 0 Å². The molecule has 0 saturated carbocycles. The van der Waals surface area contributed by atoms with Crippen molar-refractivity contribution < 1.29 is 5.11 Å². The third-order valence-electron chi connectivity index (χ3n) is 2.55.